The van der Waals surface area contributed by atoms with Crippen LogP contribution >= 0.6 is 0 Å². The minimum absolute atomic E-state index is 0.0235. The minimum Gasteiger partial charge on any atom is -0.508 e. The van der Waals surface area contributed by atoms with Gasteiger partial charge in [0.2, 0.25) is 0 Å². The Labute approximate surface area is 488 Å². The van der Waals surface area contributed by atoms with Gasteiger partial charge < -0.3 is 60.9 Å². The van der Waals surface area contributed by atoms with Gasteiger partial charge in [0.05, 0.1) is 7.11 Å². The van der Waals surface area contributed by atoms with E-state index in [0.29, 0.717) is 11.3 Å². The van der Waals surface area contributed by atoms with Gasteiger partial charge in [-0.3, -0.25) is 0 Å². The average Bonchev–Trinajstić information content (AvgIpc) is 3.55. The molecule has 426 valence electrons. The molecule has 12 heteroatoms. The van der Waals surface area contributed by atoms with Crippen LogP contribution in [0.2, 0.25) is 0 Å². The number of hydrogen-bond donors (Lipinski definition) is 11. The molecule has 0 aliphatic heterocycles. The number of phenolic OH excluding ortho intramolecular Hbond substituents is 11. The van der Waals surface area contributed by atoms with Gasteiger partial charge in [-0.2, -0.15) is 0 Å². The summed E-state index contributed by atoms with van der Waals surface area (Å²) in [7, 11) is 1.58. The van der Waals surface area contributed by atoms with Gasteiger partial charge in [0.25, 0.3) is 0 Å². The molecule has 0 bridgehead atoms. The van der Waals surface area contributed by atoms with Crippen LogP contribution in [0.15, 0.2) is 224 Å². The van der Waals surface area contributed by atoms with Crippen molar-refractivity contribution in [1.82, 2.24) is 0 Å². The zero-order valence-corrected chi connectivity index (χ0v) is 46.2. The Morgan fingerprint density at radius 1 is 0.262 bits per heavy atom. The summed E-state index contributed by atoms with van der Waals surface area (Å²) >= 11 is 0. The van der Waals surface area contributed by atoms with Gasteiger partial charge in [0, 0.05) is 24.3 Å². The van der Waals surface area contributed by atoms with Gasteiger partial charge in [-0.15, -0.1) is 0 Å². The van der Waals surface area contributed by atoms with E-state index < -0.39 is 0 Å². The molecule has 0 aromatic heterocycles. The van der Waals surface area contributed by atoms with Crippen molar-refractivity contribution in [2.75, 3.05) is 7.11 Å². The summed E-state index contributed by atoms with van der Waals surface area (Å²) in [6.45, 7) is 1.91. The number of phenols is 11. The van der Waals surface area contributed by atoms with Crippen molar-refractivity contribution in [3.63, 3.8) is 0 Å². The molecule has 0 atom stereocenters. The Hall–Kier alpha value is -11.2. The summed E-state index contributed by atoms with van der Waals surface area (Å²) in [5, 5.41) is 103. The highest BCUT2D eigenvalue weighted by molar-refractivity contribution is 5.74. The van der Waals surface area contributed by atoms with E-state index in [0.717, 1.165) is 62.9 Å². The molecule has 10 rings (SSSR count). The van der Waals surface area contributed by atoms with Crippen LogP contribution in [0.5, 0.6) is 69.0 Å². The maximum Gasteiger partial charge on any atom is 0.157 e. The van der Waals surface area contributed by atoms with Gasteiger partial charge in [-0.1, -0.05) is 164 Å². The maximum atomic E-state index is 9.51. The molecule has 0 radical (unpaired) electrons. The number of aromatic hydroxyl groups is 11. The number of benzene rings is 10. The molecule has 11 N–H and O–H groups in total. The highest BCUT2D eigenvalue weighted by Gasteiger charge is 2.03. The highest BCUT2D eigenvalue weighted by Crippen LogP contribution is 2.28. The van der Waals surface area contributed by atoms with Crippen LogP contribution in [0.25, 0.3) is 48.6 Å². The predicted octanol–water partition coefficient (Wildman–Crippen LogP) is 16.0. The molecule has 0 aliphatic rings. The fourth-order valence-corrected chi connectivity index (χ4v) is 8.00. The fraction of sp³-hybridized carbons (Fsp3) is 0.0556. The van der Waals surface area contributed by atoms with E-state index in [-0.39, 0.29) is 63.2 Å². The Morgan fingerprint density at radius 3 is 1.05 bits per heavy atom. The van der Waals surface area contributed by atoms with E-state index >= 15 is 0 Å². The lowest BCUT2D eigenvalue weighted by Gasteiger charge is -2.03. The number of hydrogen-bond acceptors (Lipinski definition) is 12. The monoisotopic (exact) mass is 1120 g/mol. The Bertz CT molecular complexity index is 3700. The van der Waals surface area contributed by atoms with Crippen LogP contribution in [0, 0.1) is 6.92 Å². The SMILES string of the molecule is COc1cc(O)cc(/C=C/c2ccccc2)c1.Cc1cc(O)cc(/C=C/c2ccc(O)c(O)c2)c1.Oc1cc(O)cc(/C=C/c2ccccc2)c1.Oc1cc(O)cc(CCc2ccccc2)c1.Oc1ccc(/C=C/c2cc(O)cc(O)c2)cc1. The van der Waals surface area contributed by atoms with Crippen LogP contribution in [-0.2, 0) is 12.8 Å². The van der Waals surface area contributed by atoms with Gasteiger partial charge in [0.1, 0.15) is 57.5 Å². The molecule has 0 aliphatic carbocycles. The second-order valence-corrected chi connectivity index (χ2v) is 19.0. The minimum atomic E-state index is -0.149. The molecule has 0 amide bonds. The normalized spacial score (nSPS) is 10.7. The van der Waals surface area contributed by atoms with E-state index in [1.54, 1.807) is 110 Å². The zero-order chi connectivity index (χ0) is 60.2. The quantitative estimate of drug-likeness (QED) is 0.0405. The Balaban J connectivity index is 0.000000168. The molecular weight excluding hydrogens is 1060 g/mol. The van der Waals surface area contributed by atoms with Gasteiger partial charge in [-0.05, 0) is 166 Å². The van der Waals surface area contributed by atoms with Crippen LogP contribution < -0.4 is 4.74 Å². The molecule has 12 nitrogen and oxygen atoms in total. The predicted molar refractivity (Wildman–Crippen MR) is 337 cm³/mol. The highest BCUT2D eigenvalue weighted by atomic mass is 16.5. The van der Waals surface area contributed by atoms with Crippen LogP contribution in [0.1, 0.15) is 61.2 Å². The number of ether oxygens (including phenoxy) is 1. The maximum absolute atomic E-state index is 9.51. The van der Waals surface area contributed by atoms with E-state index in [1.807, 2.05) is 134 Å². The Morgan fingerprint density at radius 2 is 0.607 bits per heavy atom. The van der Waals surface area contributed by atoms with Crippen molar-refractivity contribution in [1.29, 1.82) is 0 Å². The van der Waals surface area contributed by atoms with E-state index in [9.17, 15) is 51.1 Å². The molecule has 84 heavy (non-hydrogen) atoms. The van der Waals surface area contributed by atoms with E-state index in [1.165, 1.54) is 35.9 Å². The third-order valence-electron chi connectivity index (χ3n) is 12.0. The summed E-state index contributed by atoms with van der Waals surface area (Å²) in [5.41, 5.74) is 10.3. The standard InChI is InChI=1S/C15H14O3.C15H14O2.C14H12O3.C14H14O2.C14H12O2/c1-10-6-12(8-13(16)7-10)3-2-11-4-5-14(17)15(18)9-11;1-17-15-10-13(9-14(16)11-15)8-7-12-5-3-2-4-6-12;15-12-5-3-10(4-6-12)1-2-11-7-13(16)9-14(17)8-11;2*15-13-8-12(9-14(16)10-13)7-6-11-4-2-1-3-5-11/h2-9,16-18H,1H3;2-11,16H,1H3;1-9,15-17H;1-5,8-10,15-16H,6-7H2;1-10,15-16H/b3-2+;8-7+;2-1+;;7-6+. The summed E-state index contributed by atoms with van der Waals surface area (Å²) in [5.74, 6) is 1.41. The third kappa shape index (κ3) is 22.9. The number of rotatable bonds is 12. The van der Waals surface area contributed by atoms with Gasteiger partial charge >= 0.3 is 0 Å². The summed E-state index contributed by atoms with van der Waals surface area (Å²) in [4.78, 5) is 0. The van der Waals surface area contributed by atoms with Crippen LogP contribution in [0.3, 0.4) is 0 Å². The second-order valence-electron chi connectivity index (χ2n) is 19.0. The second kappa shape index (κ2) is 32.1. The van der Waals surface area contributed by atoms with E-state index in [4.69, 9.17) is 9.84 Å². The van der Waals surface area contributed by atoms with Crippen molar-refractivity contribution >= 4 is 48.6 Å². The largest absolute Gasteiger partial charge is 0.508 e. The number of aryl methyl sites for hydroxylation is 3. The fourth-order valence-electron chi connectivity index (χ4n) is 8.00. The molecule has 0 saturated carbocycles. The first-order valence-electron chi connectivity index (χ1n) is 26.4. The zero-order valence-electron chi connectivity index (χ0n) is 46.2. The van der Waals surface area contributed by atoms with Crippen molar-refractivity contribution < 1.29 is 60.9 Å². The molecule has 0 spiro atoms. The lowest BCUT2D eigenvalue weighted by molar-refractivity contribution is 0.403. The molecule has 10 aromatic rings. The van der Waals surface area contributed by atoms with Crippen molar-refractivity contribution in [3.05, 3.63) is 286 Å². The van der Waals surface area contributed by atoms with Crippen molar-refractivity contribution in [2.45, 2.75) is 19.8 Å². The first kappa shape index (κ1) is 62.0. The van der Waals surface area contributed by atoms with E-state index in [2.05, 4.69) is 12.1 Å². The first-order valence-corrected chi connectivity index (χ1v) is 26.4. The lowest BCUT2D eigenvalue weighted by atomic mass is 10.0. The molecular formula is C72H66O12. The lowest BCUT2D eigenvalue weighted by Crippen LogP contribution is -1.90. The molecule has 0 saturated heterocycles. The topological polar surface area (TPSA) is 232 Å². The van der Waals surface area contributed by atoms with Gasteiger partial charge in [0.15, 0.2) is 11.5 Å². The molecule has 10 aromatic carbocycles. The molecule has 0 fully saturated rings. The summed E-state index contributed by atoms with van der Waals surface area (Å²) in [6, 6.07) is 65.4. The number of methoxy groups -OCH3 is 1. The van der Waals surface area contributed by atoms with Crippen molar-refractivity contribution in [3.8, 4) is 69.0 Å². The molecule has 0 heterocycles. The summed E-state index contributed by atoms with van der Waals surface area (Å²) in [6.07, 6.45) is 16.6. The summed E-state index contributed by atoms with van der Waals surface area (Å²) < 4.78 is 5.09. The molecule has 0 unspecified atom stereocenters. The van der Waals surface area contributed by atoms with Crippen LogP contribution in [-0.4, -0.2) is 63.3 Å². The average molecular weight is 1120 g/mol. The Kier molecular flexibility index (Phi) is 23.7. The first-order chi connectivity index (χ1) is 40.4. The van der Waals surface area contributed by atoms with Crippen molar-refractivity contribution in [2.24, 2.45) is 0 Å². The van der Waals surface area contributed by atoms with Crippen LogP contribution in [0.4, 0.5) is 0 Å². The third-order valence-corrected chi connectivity index (χ3v) is 12.0. The smallest absolute Gasteiger partial charge is 0.157 e. The van der Waals surface area contributed by atoms with Gasteiger partial charge in [-0.25, -0.2) is 0 Å².